The standard InChI is InChI=1S/C21H36NO2PS/c1-4-18(15-16-20-21(3,5-2)23-20)12-8-7-11-17-25(22,26)24-19-13-9-6-10-14-19/h6,9-10,13-14,18,20H,4-5,7-8,11-12,15-17H2,1-3H3,(H2,22,26). The van der Waals surface area contributed by atoms with Crippen molar-refractivity contribution in [3.8, 4) is 5.75 Å². The van der Waals surface area contributed by atoms with Crippen LogP contribution in [0.25, 0.3) is 0 Å². The number of rotatable bonds is 13. The van der Waals surface area contributed by atoms with Crippen LogP contribution in [0.15, 0.2) is 30.3 Å². The van der Waals surface area contributed by atoms with Gasteiger partial charge in [0, 0.05) is 6.16 Å². The van der Waals surface area contributed by atoms with Crippen molar-refractivity contribution in [2.75, 3.05) is 6.16 Å². The summed E-state index contributed by atoms with van der Waals surface area (Å²) in [6.07, 6.45) is 8.84. The molecule has 1 heterocycles. The fourth-order valence-corrected chi connectivity index (χ4v) is 5.43. The molecule has 4 atom stereocenters. The van der Waals surface area contributed by atoms with Gasteiger partial charge in [-0.15, -0.1) is 0 Å². The Balaban J connectivity index is 1.57. The van der Waals surface area contributed by atoms with E-state index in [0.29, 0.717) is 6.10 Å². The Hall–Kier alpha value is -0.410. The second-order valence-electron chi connectivity index (χ2n) is 7.83. The van der Waals surface area contributed by atoms with Gasteiger partial charge in [0.05, 0.1) is 11.7 Å². The van der Waals surface area contributed by atoms with Crippen LogP contribution in [0.3, 0.4) is 0 Å². The van der Waals surface area contributed by atoms with E-state index >= 15 is 0 Å². The normalized spacial score (nSPS) is 25.5. The molecule has 1 saturated heterocycles. The van der Waals surface area contributed by atoms with Gasteiger partial charge in [-0.05, 0) is 62.5 Å². The maximum atomic E-state index is 6.23. The van der Waals surface area contributed by atoms with Crippen molar-refractivity contribution in [2.45, 2.75) is 83.8 Å². The largest absolute Gasteiger partial charge is 0.454 e. The number of hydrogen-bond donors (Lipinski definition) is 1. The molecular formula is C21H36NO2PS. The van der Waals surface area contributed by atoms with Crippen molar-refractivity contribution in [3.05, 3.63) is 30.3 Å². The minimum atomic E-state index is -2.20. The molecule has 1 aliphatic heterocycles. The molecule has 0 amide bonds. The second kappa shape index (κ2) is 10.2. The Kier molecular flexibility index (Phi) is 8.60. The summed E-state index contributed by atoms with van der Waals surface area (Å²) in [4.78, 5) is 0. The Bertz CT molecular complexity index is 583. The van der Waals surface area contributed by atoms with Gasteiger partial charge in [-0.2, -0.15) is 0 Å². The Morgan fingerprint density at radius 2 is 1.92 bits per heavy atom. The summed E-state index contributed by atoms with van der Waals surface area (Å²) in [7, 11) is 0. The van der Waals surface area contributed by atoms with Gasteiger partial charge in [-0.25, -0.2) is 0 Å². The van der Waals surface area contributed by atoms with Gasteiger partial charge in [0.25, 0.3) is 0 Å². The zero-order valence-electron chi connectivity index (χ0n) is 16.7. The van der Waals surface area contributed by atoms with Gasteiger partial charge in [0.2, 0.25) is 0 Å². The molecule has 2 N–H and O–H groups in total. The molecule has 1 aromatic carbocycles. The number of hydrogen-bond acceptors (Lipinski definition) is 3. The first-order chi connectivity index (χ1) is 12.4. The summed E-state index contributed by atoms with van der Waals surface area (Å²) in [6.45, 7) is 6.77. The predicted octanol–water partition coefficient (Wildman–Crippen LogP) is 6.27. The van der Waals surface area contributed by atoms with Crippen LogP contribution in [0.2, 0.25) is 0 Å². The molecule has 5 heteroatoms. The van der Waals surface area contributed by atoms with E-state index in [1.807, 2.05) is 30.3 Å². The predicted molar refractivity (Wildman–Crippen MR) is 115 cm³/mol. The smallest absolute Gasteiger partial charge is 0.175 e. The first kappa shape index (κ1) is 21.9. The van der Waals surface area contributed by atoms with Crippen molar-refractivity contribution in [3.63, 3.8) is 0 Å². The van der Waals surface area contributed by atoms with Crippen LogP contribution in [0.5, 0.6) is 5.75 Å². The van der Waals surface area contributed by atoms with E-state index in [0.717, 1.165) is 30.7 Å². The maximum Gasteiger partial charge on any atom is 0.175 e. The minimum absolute atomic E-state index is 0.175. The Morgan fingerprint density at radius 3 is 2.54 bits per heavy atom. The molecule has 0 bridgehead atoms. The highest BCUT2D eigenvalue weighted by molar-refractivity contribution is 8.11. The number of para-hydroxylation sites is 1. The lowest BCUT2D eigenvalue weighted by Gasteiger charge is -2.19. The summed E-state index contributed by atoms with van der Waals surface area (Å²) in [6, 6.07) is 9.71. The lowest BCUT2D eigenvalue weighted by atomic mass is 9.91. The van der Waals surface area contributed by atoms with Gasteiger partial charge < -0.3 is 9.26 Å². The lowest BCUT2D eigenvalue weighted by molar-refractivity contribution is 0.293. The second-order valence-corrected chi connectivity index (χ2v) is 11.8. The highest BCUT2D eigenvalue weighted by Crippen LogP contribution is 2.43. The molecule has 4 unspecified atom stereocenters. The fraction of sp³-hybridized carbons (Fsp3) is 0.714. The van der Waals surface area contributed by atoms with Crippen LogP contribution in [-0.4, -0.2) is 17.9 Å². The molecule has 148 valence electrons. The van der Waals surface area contributed by atoms with E-state index in [4.69, 9.17) is 26.6 Å². The molecule has 26 heavy (non-hydrogen) atoms. The quantitative estimate of drug-likeness (QED) is 0.242. The number of epoxide rings is 1. The molecular weight excluding hydrogens is 361 g/mol. The van der Waals surface area contributed by atoms with E-state index in [1.165, 1.54) is 38.5 Å². The molecule has 0 radical (unpaired) electrons. The number of ether oxygens (including phenoxy) is 1. The van der Waals surface area contributed by atoms with Crippen molar-refractivity contribution >= 4 is 18.2 Å². The zero-order valence-corrected chi connectivity index (χ0v) is 18.4. The number of nitrogens with two attached hydrogens (primary N) is 1. The molecule has 0 aliphatic carbocycles. The van der Waals surface area contributed by atoms with Gasteiger partial charge in [-0.1, -0.05) is 57.7 Å². The third-order valence-electron chi connectivity index (χ3n) is 5.74. The highest BCUT2D eigenvalue weighted by Gasteiger charge is 2.49. The van der Waals surface area contributed by atoms with Crippen LogP contribution in [0.4, 0.5) is 0 Å². The first-order valence-corrected chi connectivity index (χ1v) is 13.2. The van der Waals surface area contributed by atoms with Crippen molar-refractivity contribution in [2.24, 2.45) is 11.4 Å². The van der Waals surface area contributed by atoms with Crippen LogP contribution in [0.1, 0.15) is 72.1 Å². The van der Waals surface area contributed by atoms with E-state index in [2.05, 4.69) is 20.8 Å². The summed E-state index contributed by atoms with van der Waals surface area (Å²) in [5.74, 6) is 1.62. The Labute approximate surface area is 165 Å². The van der Waals surface area contributed by atoms with Crippen LogP contribution < -0.4 is 10.0 Å². The zero-order chi connectivity index (χ0) is 19.0. The summed E-state index contributed by atoms with van der Waals surface area (Å²) in [5, 5.41) is 0. The monoisotopic (exact) mass is 397 g/mol. The molecule has 0 spiro atoms. The van der Waals surface area contributed by atoms with Crippen molar-refractivity contribution < 1.29 is 9.26 Å². The maximum absolute atomic E-state index is 6.23. The molecule has 2 rings (SSSR count). The summed E-state index contributed by atoms with van der Waals surface area (Å²) >= 11 is 5.51. The average molecular weight is 398 g/mol. The molecule has 1 aliphatic rings. The van der Waals surface area contributed by atoms with Crippen LogP contribution in [0, 0.1) is 5.92 Å². The molecule has 3 nitrogen and oxygen atoms in total. The highest BCUT2D eigenvalue weighted by atomic mass is 32.4. The Morgan fingerprint density at radius 1 is 1.19 bits per heavy atom. The van der Waals surface area contributed by atoms with Crippen LogP contribution >= 0.6 is 6.42 Å². The number of benzene rings is 1. The van der Waals surface area contributed by atoms with E-state index in [1.54, 1.807) is 0 Å². The van der Waals surface area contributed by atoms with Gasteiger partial charge >= 0.3 is 0 Å². The van der Waals surface area contributed by atoms with E-state index in [9.17, 15) is 0 Å². The van der Waals surface area contributed by atoms with Crippen LogP contribution in [-0.2, 0) is 16.5 Å². The third kappa shape index (κ3) is 7.31. The fourth-order valence-electron chi connectivity index (χ4n) is 3.55. The van der Waals surface area contributed by atoms with Crippen molar-refractivity contribution in [1.29, 1.82) is 0 Å². The molecule has 1 fully saturated rings. The third-order valence-corrected chi connectivity index (χ3v) is 7.97. The molecule has 0 saturated carbocycles. The topological polar surface area (TPSA) is 47.8 Å². The van der Waals surface area contributed by atoms with E-state index < -0.39 is 6.42 Å². The van der Waals surface area contributed by atoms with Gasteiger partial charge in [0.1, 0.15) is 5.75 Å². The average Bonchev–Trinajstić information content (AvgIpc) is 3.28. The van der Waals surface area contributed by atoms with Gasteiger partial charge in [-0.3, -0.25) is 5.50 Å². The summed E-state index contributed by atoms with van der Waals surface area (Å²) < 4.78 is 11.7. The number of unbranched alkanes of at least 4 members (excludes halogenated alkanes) is 2. The van der Waals surface area contributed by atoms with Gasteiger partial charge in [0.15, 0.2) is 6.42 Å². The van der Waals surface area contributed by atoms with E-state index in [-0.39, 0.29) is 5.60 Å². The summed E-state index contributed by atoms with van der Waals surface area (Å²) in [5.41, 5.74) is 6.41. The lowest BCUT2D eigenvalue weighted by Crippen LogP contribution is -2.09. The first-order valence-electron chi connectivity index (χ1n) is 10.2. The minimum Gasteiger partial charge on any atom is -0.454 e. The SMILES string of the molecule is CCC(CCCCCP(N)(=S)Oc1ccccc1)CCC1OC1(C)CC. The molecule has 1 aromatic rings. The molecule has 0 aromatic heterocycles. The van der Waals surface area contributed by atoms with Crippen molar-refractivity contribution in [1.82, 2.24) is 0 Å².